The van der Waals surface area contributed by atoms with E-state index in [1.165, 1.54) is 10.5 Å². The molecule has 0 unspecified atom stereocenters. The number of sulfonamides is 1. The van der Waals surface area contributed by atoms with Gasteiger partial charge in [0.15, 0.2) is 0 Å². The fourth-order valence-corrected chi connectivity index (χ4v) is 4.94. The van der Waals surface area contributed by atoms with Crippen LogP contribution >= 0.6 is 11.6 Å². The molecule has 1 fully saturated rings. The predicted molar refractivity (Wildman–Crippen MR) is 104 cm³/mol. The normalized spacial score (nSPS) is 16.2. The van der Waals surface area contributed by atoms with Crippen molar-refractivity contribution in [2.45, 2.75) is 24.3 Å². The van der Waals surface area contributed by atoms with Crippen molar-refractivity contribution in [1.29, 1.82) is 0 Å². The topological polar surface area (TPSA) is 70.6 Å². The summed E-state index contributed by atoms with van der Waals surface area (Å²) in [4.78, 5) is 18.5. The molecular formula is C19H22ClN3O3S. The third kappa shape index (κ3) is 4.66. The SMILES string of the molecule is CN(Cc1cccc(Cl)c1)C(=O)C1CCN(S(=O)(=O)c2cccnc2)CC1. The Balaban J connectivity index is 1.59. The first-order valence-corrected chi connectivity index (χ1v) is 10.6. The van der Waals surface area contributed by atoms with Crippen LogP contribution in [0, 0.1) is 5.92 Å². The van der Waals surface area contributed by atoms with Gasteiger partial charge in [-0.25, -0.2) is 8.42 Å². The molecule has 1 amide bonds. The lowest BCUT2D eigenvalue weighted by atomic mass is 9.96. The van der Waals surface area contributed by atoms with E-state index in [-0.39, 0.29) is 16.7 Å². The van der Waals surface area contributed by atoms with Crippen LogP contribution in [0.15, 0.2) is 53.7 Å². The van der Waals surface area contributed by atoms with Crippen molar-refractivity contribution < 1.29 is 13.2 Å². The van der Waals surface area contributed by atoms with Gasteiger partial charge in [0.1, 0.15) is 4.90 Å². The van der Waals surface area contributed by atoms with Crippen LogP contribution in [0.1, 0.15) is 18.4 Å². The monoisotopic (exact) mass is 407 g/mol. The van der Waals surface area contributed by atoms with Crippen LogP contribution in [-0.4, -0.2) is 48.7 Å². The summed E-state index contributed by atoms with van der Waals surface area (Å²) in [6.45, 7) is 1.14. The predicted octanol–water partition coefficient (Wildman–Crippen LogP) is 2.79. The number of piperidine rings is 1. The average molecular weight is 408 g/mol. The van der Waals surface area contributed by atoms with Gasteiger partial charge in [-0.2, -0.15) is 4.31 Å². The van der Waals surface area contributed by atoms with Gasteiger partial charge in [0.2, 0.25) is 15.9 Å². The standard InChI is InChI=1S/C19H22ClN3O3S/c1-22(14-15-4-2-5-17(20)12-15)19(24)16-7-10-23(11-8-16)27(25,26)18-6-3-9-21-13-18/h2-6,9,12-13,16H,7-8,10-11,14H2,1H3. The maximum atomic E-state index is 12.7. The molecular weight excluding hydrogens is 386 g/mol. The number of carbonyl (C=O) groups is 1. The highest BCUT2D eigenvalue weighted by atomic mass is 35.5. The summed E-state index contributed by atoms with van der Waals surface area (Å²) in [5, 5.41) is 0.641. The second kappa shape index (κ2) is 8.37. The zero-order valence-corrected chi connectivity index (χ0v) is 16.7. The van der Waals surface area contributed by atoms with E-state index < -0.39 is 10.0 Å². The van der Waals surface area contributed by atoms with Gasteiger partial charge in [0, 0.05) is 50.0 Å². The molecule has 1 aliphatic heterocycles. The summed E-state index contributed by atoms with van der Waals surface area (Å²) in [6.07, 6.45) is 3.92. The second-order valence-electron chi connectivity index (χ2n) is 6.69. The molecule has 1 aromatic carbocycles. The van der Waals surface area contributed by atoms with Crippen LogP contribution in [0.3, 0.4) is 0 Å². The summed E-state index contributed by atoms with van der Waals surface area (Å²) < 4.78 is 26.7. The van der Waals surface area contributed by atoms with Crippen molar-refractivity contribution in [3.05, 3.63) is 59.4 Å². The molecule has 6 nitrogen and oxygen atoms in total. The molecule has 0 aliphatic carbocycles. The number of nitrogens with zero attached hydrogens (tertiary/aromatic N) is 3. The van der Waals surface area contributed by atoms with Crippen LogP contribution in [0.4, 0.5) is 0 Å². The molecule has 144 valence electrons. The van der Waals surface area contributed by atoms with E-state index in [0.29, 0.717) is 37.5 Å². The van der Waals surface area contributed by atoms with E-state index in [1.54, 1.807) is 36.3 Å². The maximum absolute atomic E-state index is 12.7. The van der Waals surface area contributed by atoms with Crippen LogP contribution in [0.25, 0.3) is 0 Å². The minimum absolute atomic E-state index is 0.0356. The van der Waals surface area contributed by atoms with Gasteiger partial charge in [0.25, 0.3) is 0 Å². The number of halogens is 1. The molecule has 3 rings (SSSR count). The number of carbonyl (C=O) groups excluding carboxylic acids is 1. The molecule has 0 spiro atoms. The van der Waals surface area contributed by atoms with Crippen molar-refractivity contribution in [3.63, 3.8) is 0 Å². The molecule has 0 radical (unpaired) electrons. The zero-order valence-electron chi connectivity index (χ0n) is 15.1. The highest BCUT2D eigenvalue weighted by Crippen LogP contribution is 2.25. The fraction of sp³-hybridized carbons (Fsp3) is 0.368. The Morgan fingerprint density at radius 2 is 2.00 bits per heavy atom. The summed E-state index contributed by atoms with van der Waals surface area (Å²) in [6, 6.07) is 10.6. The smallest absolute Gasteiger partial charge is 0.244 e. The third-order valence-corrected chi connectivity index (χ3v) is 6.88. The number of aromatic nitrogens is 1. The van der Waals surface area contributed by atoms with E-state index in [0.717, 1.165) is 5.56 Å². The fourth-order valence-electron chi connectivity index (χ4n) is 3.29. The van der Waals surface area contributed by atoms with Crippen molar-refractivity contribution in [3.8, 4) is 0 Å². The van der Waals surface area contributed by atoms with E-state index in [1.807, 2.05) is 18.2 Å². The van der Waals surface area contributed by atoms with Crippen molar-refractivity contribution in [1.82, 2.24) is 14.2 Å². The summed E-state index contributed by atoms with van der Waals surface area (Å²) in [7, 11) is -1.79. The van der Waals surface area contributed by atoms with E-state index in [9.17, 15) is 13.2 Å². The molecule has 0 atom stereocenters. The largest absolute Gasteiger partial charge is 0.341 e. The number of hydrogen-bond acceptors (Lipinski definition) is 4. The minimum Gasteiger partial charge on any atom is -0.341 e. The Morgan fingerprint density at radius 3 is 2.63 bits per heavy atom. The zero-order chi connectivity index (χ0) is 19.4. The van der Waals surface area contributed by atoms with Gasteiger partial charge in [0.05, 0.1) is 0 Å². The van der Waals surface area contributed by atoms with Crippen molar-refractivity contribution in [2.75, 3.05) is 20.1 Å². The lowest BCUT2D eigenvalue weighted by molar-refractivity contribution is -0.135. The van der Waals surface area contributed by atoms with E-state index in [4.69, 9.17) is 11.6 Å². The van der Waals surface area contributed by atoms with Crippen molar-refractivity contribution in [2.24, 2.45) is 5.92 Å². The molecule has 0 bridgehead atoms. The molecule has 1 aromatic heterocycles. The van der Waals surface area contributed by atoms with Gasteiger partial charge in [-0.1, -0.05) is 23.7 Å². The number of benzene rings is 1. The molecule has 2 heterocycles. The molecule has 0 N–H and O–H groups in total. The van der Waals surface area contributed by atoms with Gasteiger partial charge in [-0.05, 0) is 42.7 Å². The Morgan fingerprint density at radius 1 is 1.26 bits per heavy atom. The summed E-state index contributed by atoms with van der Waals surface area (Å²) in [5.41, 5.74) is 0.968. The first kappa shape index (κ1) is 19.8. The molecule has 8 heteroatoms. The van der Waals surface area contributed by atoms with Gasteiger partial charge in [-0.15, -0.1) is 0 Å². The van der Waals surface area contributed by atoms with Gasteiger partial charge < -0.3 is 4.90 Å². The second-order valence-corrected chi connectivity index (χ2v) is 9.07. The molecule has 1 aliphatic rings. The Labute approximate surface area is 164 Å². The number of pyridine rings is 1. The molecule has 27 heavy (non-hydrogen) atoms. The van der Waals surface area contributed by atoms with Crippen LogP contribution in [0.5, 0.6) is 0 Å². The Hall–Kier alpha value is -1.96. The molecule has 0 saturated carbocycles. The van der Waals surface area contributed by atoms with Crippen LogP contribution in [-0.2, 0) is 21.4 Å². The van der Waals surface area contributed by atoms with Crippen LogP contribution < -0.4 is 0 Å². The quantitative estimate of drug-likeness (QED) is 0.764. The molecule has 1 saturated heterocycles. The first-order valence-electron chi connectivity index (χ1n) is 8.77. The van der Waals surface area contributed by atoms with Gasteiger partial charge >= 0.3 is 0 Å². The molecule has 2 aromatic rings. The summed E-state index contributed by atoms with van der Waals surface area (Å²) in [5.74, 6) is -0.136. The minimum atomic E-state index is -3.55. The van der Waals surface area contributed by atoms with E-state index >= 15 is 0 Å². The Kier molecular flexibility index (Phi) is 6.14. The lowest BCUT2D eigenvalue weighted by Gasteiger charge is -2.32. The maximum Gasteiger partial charge on any atom is 0.244 e. The first-order chi connectivity index (χ1) is 12.9. The van der Waals surface area contributed by atoms with Crippen LogP contribution in [0.2, 0.25) is 5.02 Å². The third-order valence-electron chi connectivity index (χ3n) is 4.76. The van der Waals surface area contributed by atoms with Crippen molar-refractivity contribution >= 4 is 27.5 Å². The lowest BCUT2D eigenvalue weighted by Crippen LogP contribution is -2.43. The van der Waals surface area contributed by atoms with E-state index in [2.05, 4.69) is 4.98 Å². The number of rotatable bonds is 5. The Bertz CT molecular complexity index is 897. The number of amides is 1. The highest BCUT2D eigenvalue weighted by Gasteiger charge is 2.33. The highest BCUT2D eigenvalue weighted by molar-refractivity contribution is 7.89. The number of hydrogen-bond donors (Lipinski definition) is 0. The summed E-state index contributed by atoms with van der Waals surface area (Å²) >= 11 is 6.00. The average Bonchev–Trinajstić information content (AvgIpc) is 2.68. The van der Waals surface area contributed by atoms with Gasteiger partial charge in [-0.3, -0.25) is 9.78 Å².